The lowest BCUT2D eigenvalue weighted by Crippen LogP contribution is -2.37. The lowest BCUT2D eigenvalue weighted by atomic mass is 10.2. The van der Waals surface area contributed by atoms with Crippen molar-refractivity contribution in [1.29, 1.82) is 0 Å². The van der Waals surface area contributed by atoms with Crippen molar-refractivity contribution in [3.8, 4) is 5.75 Å². The zero-order chi connectivity index (χ0) is 15.0. The molecule has 0 aliphatic heterocycles. The van der Waals surface area contributed by atoms with Gasteiger partial charge in [0.05, 0.1) is 7.11 Å². The van der Waals surface area contributed by atoms with Crippen LogP contribution in [0.4, 0.5) is 4.79 Å². The summed E-state index contributed by atoms with van der Waals surface area (Å²) in [5, 5.41) is 11.3. The number of carbonyl (C=O) groups is 2. The van der Waals surface area contributed by atoms with Gasteiger partial charge in [-0.15, -0.1) is 0 Å². The maximum Gasteiger partial charge on any atom is 0.317 e. The Kier molecular flexibility index (Phi) is 6.36. The number of nitrogens with one attached hydrogen (secondary N) is 1. The first kappa shape index (κ1) is 15.8. The van der Waals surface area contributed by atoms with Crippen LogP contribution in [0, 0.1) is 0 Å². The average Bonchev–Trinajstić information content (AvgIpc) is 2.44. The molecule has 2 amide bonds. The van der Waals surface area contributed by atoms with Gasteiger partial charge in [0.15, 0.2) is 0 Å². The summed E-state index contributed by atoms with van der Waals surface area (Å²) in [6.45, 7) is 0.815. The molecule has 1 aromatic rings. The number of urea groups is 1. The number of aliphatic carboxylic acids is 1. The summed E-state index contributed by atoms with van der Waals surface area (Å²) < 4.78 is 5.11. The fourth-order valence-corrected chi connectivity index (χ4v) is 1.66. The highest BCUT2D eigenvalue weighted by molar-refractivity contribution is 5.74. The van der Waals surface area contributed by atoms with Crippen LogP contribution in [-0.2, 0) is 11.3 Å². The molecule has 0 atom stereocenters. The third-order valence-electron chi connectivity index (χ3n) is 2.81. The number of ether oxygens (including phenoxy) is 1. The lowest BCUT2D eigenvalue weighted by molar-refractivity contribution is -0.137. The highest BCUT2D eigenvalue weighted by Gasteiger charge is 2.08. The molecule has 2 N–H and O–H groups in total. The van der Waals surface area contributed by atoms with Gasteiger partial charge in [0.1, 0.15) is 5.75 Å². The highest BCUT2D eigenvalue weighted by atomic mass is 16.5. The summed E-state index contributed by atoms with van der Waals surface area (Å²) >= 11 is 0. The molecule has 0 fully saturated rings. The number of carboxylic acid groups (broad SMARTS) is 1. The number of amides is 2. The van der Waals surface area contributed by atoms with E-state index < -0.39 is 5.97 Å². The number of methoxy groups -OCH3 is 1. The Hall–Kier alpha value is -2.24. The van der Waals surface area contributed by atoms with Crippen LogP contribution in [0.2, 0.25) is 0 Å². The lowest BCUT2D eigenvalue weighted by Gasteiger charge is -2.17. The zero-order valence-corrected chi connectivity index (χ0v) is 11.8. The molecule has 0 aliphatic carbocycles. The fraction of sp³-hybridized carbons (Fsp3) is 0.429. The molecule has 0 saturated carbocycles. The second-order valence-electron chi connectivity index (χ2n) is 4.43. The van der Waals surface area contributed by atoms with Crippen molar-refractivity contribution >= 4 is 12.0 Å². The topological polar surface area (TPSA) is 78.9 Å². The molecule has 1 aromatic carbocycles. The van der Waals surface area contributed by atoms with Gasteiger partial charge >= 0.3 is 12.0 Å². The molecular formula is C14H20N2O4. The molecule has 0 unspecified atom stereocenters. The largest absolute Gasteiger partial charge is 0.497 e. The van der Waals surface area contributed by atoms with Crippen LogP contribution >= 0.6 is 0 Å². The number of benzene rings is 1. The van der Waals surface area contributed by atoms with Crippen LogP contribution in [0.1, 0.15) is 18.4 Å². The summed E-state index contributed by atoms with van der Waals surface area (Å²) in [7, 11) is 3.23. The van der Waals surface area contributed by atoms with Gasteiger partial charge in [0.25, 0.3) is 0 Å². The fourth-order valence-electron chi connectivity index (χ4n) is 1.66. The first-order chi connectivity index (χ1) is 9.52. The highest BCUT2D eigenvalue weighted by Crippen LogP contribution is 2.12. The molecule has 0 aromatic heterocycles. The molecule has 6 heteroatoms. The minimum atomic E-state index is -0.852. The molecule has 0 heterocycles. The maximum absolute atomic E-state index is 11.8. The molecule has 1 rings (SSSR count). The van der Waals surface area contributed by atoms with Crippen LogP contribution in [0.25, 0.3) is 0 Å². The molecule has 20 heavy (non-hydrogen) atoms. The Morgan fingerprint density at radius 1 is 1.40 bits per heavy atom. The second-order valence-corrected chi connectivity index (χ2v) is 4.43. The van der Waals surface area contributed by atoms with E-state index in [9.17, 15) is 9.59 Å². The van der Waals surface area contributed by atoms with Gasteiger partial charge < -0.3 is 20.1 Å². The van der Waals surface area contributed by atoms with Crippen molar-refractivity contribution in [3.63, 3.8) is 0 Å². The molecule has 0 spiro atoms. The number of nitrogens with zero attached hydrogens (tertiary/aromatic N) is 1. The molecule has 0 radical (unpaired) electrons. The minimum Gasteiger partial charge on any atom is -0.497 e. The summed E-state index contributed by atoms with van der Waals surface area (Å²) in [5.41, 5.74) is 0.941. The molecule has 6 nitrogen and oxygen atoms in total. The number of carbonyl (C=O) groups excluding carboxylic acids is 1. The standard InChI is InChI=1S/C14H20N2O4/c1-16(8-4-7-13(17)18)14(19)15-10-11-5-3-6-12(9-11)20-2/h3,5-6,9H,4,7-8,10H2,1-2H3,(H,15,19)(H,17,18). The third-order valence-corrected chi connectivity index (χ3v) is 2.81. The van der Waals surface area contributed by atoms with Gasteiger partial charge in [-0.1, -0.05) is 12.1 Å². The van der Waals surface area contributed by atoms with Crippen LogP contribution in [0.15, 0.2) is 24.3 Å². The van der Waals surface area contributed by atoms with Crippen LogP contribution in [0.5, 0.6) is 5.75 Å². The number of hydrogen-bond donors (Lipinski definition) is 2. The van der Waals surface area contributed by atoms with Crippen molar-refractivity contribution in [2.75, 3.05) is 20.7 Å². The summed E-state index contributed by atoms with van der Waals surface area (Å²) in [5.74, 6) is -0.109. The molecule has 0 bridgehead atoms. The van der Waals surface area contributed by atoms with Crippen LogP contribution in [-0.4, -0.2) is 42.7 Å². The molecular weight excluding hydrogens is 260 g/mol. The van der Waals surface area contributed by atoms with Gasteiger partial charge in [0, 0.05) is 26.6 Å². The maximum atomic E-state index is 11.8. The normalized spacial score (nSPS) is 9.90. The summed E-state index contributed by atoms with van der Waals surface area (Å²) in [6, 6.07) is 7.22. The van der Waals surface area contributed by atoms with E-state index in [1.54, 1.807) is 14.2 Å². The van der Waals surface area contributed by atoms with Gasteiger partial charge in [-0.05, 0) is 24.1 Å². The number of hydrogen-bond acceptors (Lipinski definition) is 3. The Morgan fingerprint density at radius 2 is 2.15 bits per heavy atom. The Balaban J connectivity index is 2.36. The van der Waals surface area contributed by atoms with E-state index in [4.69, 9.17) is 9.84 Å². The van der Waals surface area contributed by atoms with E-state index in [1.165, 1.54) is 4.90 Å². The van der Waals surface area contributed by atoms with E-state index in [2.05, 4.69) is 5.32 Å². The average molecular weight is 280 g/mol. The van der Waals surface area contributed by atoms with E-state index >= 15 is 0 Å². The predicted octanol–water partition coefficient (Wildman–Crippen LogP) is 1.70. The van der Waals surface area contributed by atoms with Crippen molar-refractivity contribution in [2.45, 2.75) is 19.4 Å². The van der Waals surface area contributed by atoms with Crippen molar-refractivity contribution in [3.05, 3.63) is 29.8 Å². The van der Waals surface area contributed by atoms with E-state index in [1.807, 2.05) is 24.3 Å². The Labute approximate surface area is 118 Å². The van der Waals surface area contributed by atoms with Gasteiger partial charge in [0.2, 0.25) is 0 Å². The van der Waals surface area contributed by atoms with Crippen LogP contribution in [0.3, 0.4) is 0 Å². The quantitative estimate of drug-likeness (QED) is 0.796. The number of carboxylic acids is 1. The SMILES string of the molecule is COc1cccc(CNC(=O)N(C)CCCC(=O)O)c1. The Morgan fingerprint density at radius 3 is 2.80 bits per heavy atom. The first-order valence-corrected chi connectivity index (χ1v) is 6.36. The second kappa shape index (κ2) is 8.04. The zero-order valence-electron chi connectivity index (χ0n) is 11.8. The van der Waals surface area contributed by atoms with Gasteiger partial charge in [-0.25, -0.2) is 4.79 Å². The molecule has 110 valence electrons. The molecule has 0 aliphatic rings. The van der Waals surface area contributed by atoms with Crippen molar-refractivity contribution in [1.82, 2.24) is 10.2 Å². The minimum absolute atomic E-state index is 0.0630. The molecule has 0 saturated heterocycles. The van der Waals surface area contributed by atoms with Gasteiger partial charge in [-0.2, -0.15) is 0 Å². The van der Waals surface area contributed by atoms with E-state index in [0.717, 1.165) is 11.3 Å². The van der Waals surface area contributed by atoms with Crippen molar-refractivity contribution in [2.24, 2.45) is 0 Å². The third kappa shape index (κ3) is 5.60. The summed E-state index contributed by atoms with van der Waals surface area (Å²) in [6.07, 6.45) is 0.506. The van der Waals surface area contributed by atoms with E-state index in [0.29, 0.717) is 19.5 Å². The first-order valence-electron chi connectivity index (χ1n) is 6.36. The van der Waals surface area contributed by atoms with Crippen LogP contribution < -0.4 is 10.1 Å². The Bertz CT molecular complexity index is 462. The number of rotatable bonds is 7. The summed E-state index contributed by atoms with van der Waals surface area (Å²) in [4.78, 5) is 23.6. The monoisotopic (exact) mass is 280 g/mol. The predicted molar refractivity (Wildman–Crippen MR) is 74.7 cm³/mol. The van der Waals surface area contributed by atoms with E-state index in [-0.39, 0.29) is 12.5 Å². The van der Waals surface area contributed by atoms with Gasteiger partial charge in [-0.3, -0.25) is 4.79 Å². The van der Waals surface area contributed by atoms with Crippen molar-refractivity contribution < 1.29 is 19.4 Å². The smallest absolute Gasteiger partial charge is 0.317 e.